The average molecular weight is 487 g/mol. The quantitative estimate of drug-likeness (QED) is 0.399. The van der Waals surface area contributed by atoms with Crippen LogP contribution >= 0.6 is 0 Å². The second-order valence-corrected chi connectivity index (χ2v) is 9.42. The van der Waals surface area contributed by atoms with E-state index in [2.05, 4.69) is 73.5 Å². The molecule has 0 atom stereocenters. The molecule has 0 unspecified atom stereocenters. The topological polar surface area (TPSA) is 83.4 Å². The van der Waals surface area contributed by atoms with Gasteiger partial charge in [0, 0.05) is 63.4 Å². The molecule has 1 aromatic carbocycles. The smallest absolute Gasteiger partial charge is 0.227 e. The van der Waals surface area contributed by atoms with E-state index in [1.54, 1.807) is 19.5 Å². The lowest BCUT2D eigenvalue weighted by Crippen LogP contribution is -2.42. The number of hydrogen-bond donors (Lipinski definition) is 2. The van der Waals surface area contributed by atoms with Crippen LogP contribution in [0.4, 0.5) is 23.0 Å². The summed E-state index contributed by atoms with van der Waals surface area (Å²) >= 11 is 0. The number of piperidine rings is 1. The van der Waals surface area contributed by atoms with E-state index in [0.29, 0.717) is 12.0 Å². The van der Waals surface area contributed by atoms with E-state index in [0.717, 1.165) is 71.0 Å². The number of benzene rings is 1. The SMILES string of the molecule is CNc1cc(Nc2nccc(-c3cn(C)c4cccnc34)n2)c(OC)cc1N1CCC(N(C)C)CC1. The number of aromatic nitrogens is 4. The Hall–Kier alpha value is -3.85. The number of anilines is 4. The first kappa shape index (κ1) is 23.9. The number of methoxy groups -OCH3 is 1. The molecule has 9 heteroatoms. The van der Waals surface area contributed by atoms with E-state index in [1.807, 2.05) is 26.2 Å². The minimum Gasteiger partial charge on any atom is -0.494 e. The maximum atomic E-state index is 5.79. The van der Waals surface area contributed by atoms with Crippen LogP contribution in [0.3, 0.4) is 0 Å². The number of rotatable bonds is 7. The largest absolute Gasteiger partial charge is 0.494 e. The first-order chi connectivity index (χ1) is 17.5. The van der Waals surface area contributed by atoms with Crippen molar-refractivity contribution in [2.75, 3.05) is 56.9 Å². The van der Waals surface area contributed by atoms with Gasteiger partial charge in [-0.05, 0) is 51.2 Å². The Morgan fingerprint density at radius 1 is 1.06 bits per heavy atom. The molecule has 5 rings (SSSR count). The van der Waals surface area contributed by atoms with Crippen molar-refractivity contribution in [3.8, 4) is 17.0 Å². The van der Waals surface area contributed by atoms with Gasteiger partial charge in [0.2, 0.25) is 5.95 Å². The number of pyridine rings is 1. The minimum absolute atomic E-state index is 0.500. The van der Waals surface area contributed by atoms with Crippen molar-refractivity contribution in [2.24, 2.45) is 7.05 Å². The number of nitrogens with zero attached hydrogens (tertiary/aromatic N) is 6. The zero-order valence-electron chi connectivity index (χ0n) is 21.6. The molecule has 4 aromatic rings. The molecule has 1 aliphatic heterocycles. The molecule has 4 heterocycles. The van der Waals surface area contributed by atoms with E-state index in [4.69, 9.17) is 9.72 Å². The van der Waals surface area contributed by atoms with Gasteiger partial charge in [0.05, 0.1) is 40.9 Å². The summed E-state index contributed by atoms with van der Waals surface area (Å²) < 4.78 is 7.85. The van der Waals surface area contributed by atoms with Crippen LogP contribution in [0.5, 0.6) is 5.75 Å². The summed E-state index contributed by atoms with van der Waals surface area (Å²) in [6, 6.07) is 10.7. The second-order valence-electron chi connectivity index (χ2n) is 9.42. The van der Waals surface area contributed by atoms with E-state index in [-0.39, 0.29) is 0 Å². The third-order valence-electron chi connectivity index (χ3n) is 7.04. The summed E-state index contributed by atoms with van der Waals surface area (Å²) in [5.74, 6) is 1.25. The van der Waals surface area contributed by atoms with Crippen LogP contribution in [-0.2, 0) is 7.05 Å². The van der Waals surface area contributed by atoms with Crippen molar-refractivity contribution >= 4 is 34.0 Å². The van der Waals surface area contributed by atoms with Gasteiger partial charge in [-0.2, -0.15) is 0 Å². The fraction of sp³-hybridized carbons (Fsp3) is 0.370. The van der Waals surface area contributed by atoms with E-state index in [1.165, 1.54) is 0 Å². The number of aryl methyl sites for hydroxylation is 1. The molecule has 1 saturated heterocycles. The highest BCUT2D eigenvalue weighted by molar-refractivity contribution is 5.92. The Morgan fingerprint density at radius 2 is 1.86 bits per heavy atom. The summed E-state index contributed by atoms with van der Waals surface area (Å²) in [5, 5.41) is 6.74. The fourth-order valence-electron chi connectivity index (χ4n) is 5.01. The van der Waals surface area contributed by atoms with Gasteiger partial charge < -0.3 is 29.7 Å². The van der Waals surface area contributed by atoms with Crippen molar-refractivity contribution in [3.63, 3.8) is 0 Å². The molecule has 0 radical (unpaired) electrons. The Morgan fingerprint density at radius 3 is 2.58 bits per heavy atom. The second kappa shape index (κ2) is 10.0. The molecule has 0 amide bonds. The highest BCUT2D eigenvalue weighted by Gasteiger charge is 2.24. The molecule has 9 nitrogen and oxygen atoms in total. The van der Waals surface area contributed by atoms with Crippen molar-refractivity contribution in [3.05, 3.63) is 48.9 Å². The Labute approximate surface area is 212 Å². The lowest BCUT2D eigenvalue weighted by atomic mass is 10.0. The van der Waals surface area contributed by atoms with E-state index < -0.39 is 0 Å². The van der Waals surface area contributed by atoms with Crippen molar-refractivity contribution in [1.29, 1.82) is 0 Å². The molecular formula is C27H34N8O. The first-order valence-corrected chi connectivity index (χ1v) is 12.3. The molecule has 36 heavy (non-hydrogen) atoms. The minimum atomic E-state index is 0.500. The Kier molecular flexibility index (Phi) is 6.65. The Bertz CT molecular complexity index is 1360. The molecule has 0 aliphatic carbocycles. The number of fused-ring (bicyclic) bond motifs is 1. The van der Waals surface area contributed by atoms with Gasteiger partial charge in [-0.3, -0.25) is 4.98 Å². The maximum Gasteiger partial charge on any atom is 0.227 e. The van der Waals surface area contributed by atoms with Gasteiger partial charge in [0.25, 0.3) is 0 Å². The van der Waals surface area contributed by atoms with E-state index in [9.17, 15) is 0 Å². The van der Waals surface area contributed by atoms with Crippen LogP contribution in [0.25, 0.3) is 22.3 Å². The molecule has 0 bridgehead atoms. The number of nitrogens with one attached hydrogen (secondary N) is 2. The maximum absolute atomic E-state index is 5.79. The summed E-state index contributed by atoms with van der Waals surface area (Å²) in [5.41, 5.74) is 6.75. The molecule has 2 N–H and O–H groups in total. The van der Waals surface area contributed by atoms with Gasteiger partial charge in [0.1, 0.15) is 5.75 Å². The fourth-order valence-corrected chi connectivity index (χ4v) is 5.01. The monoisotopic (exact) mass is 486 g/mol. The van der Waals surface area contributed by atoms with Crippen LogP contribution in [0.15, 0.2) is 48.9 Å². The van der Waals surface area contributed by atoms with Crippen molar-refractivity contribution in [1.82, 2.24) is 24.4 Å². The van der Waals surface area contributed by atoms with Gasteiger partial charge in [-0.1, -0.05) is 0 Å². The van der Waals surface area contributed by atoms with Gasteiger partial charge >= 0.3 is 0 Å². The van der Waals surface area contributed by atoms with Gasteiger partial charge in [-0.25, -0.2) is 9.97 Å². The number of hydrogen-bond acceptors (Lipinski definition) is 8. The lowest BCUT2D eigenvalue weighted by Gasteiger charge is -2.37. The van der Waals surface area contributed by atoms with Crippen LogP contribution in [0, 0.1) is 0 Å². The third-order valence-corrected chi connectivity index (χ3v) is 7.04. The first-order valence-electron chi connectivity index (χ1n) is 12.3. The molecule has 188 valence electrons. The zero-order valence-corrected chi connectivity index (χ0v) is 21.6. The van der Waals surface area contributed by atoms with E-state index >= 15 is 0 Å². The summed E-state index contributed by atoms with van der Waals surface area (Å²) in [4.78, 5) is 18.6. The lowest BCUT2D eigenvalue weighted by molar-refractivity contribution is 0.249. The molecule has 1 fully saturated rings. The summed E-state index contributed by atoms with van der Waals surface area (Å²) in [6.07, 6.45) is 7.91. The Balaban J connectivity index is 1.44. The highest BCUT2D eigenvalue weighted by atomic mass is 16.5. The van der Waals surface area contributed by atoms with Crippen LogP contribution in [-0.4, -0.2) is 71.8 Å². The predicted octanol–water partition coefficient (Wildman–Crippen LogP) is 4.35. The third kappa shape index (κ3) is 4.54. The molecule has 0 spiro atoms. The average Bonchev–Trinajstić information content (AvgIpc) is 3.25. The van der Waals surface area contributed by atoms with Crippen molar-refractivity contribution in [2.45, 2.75) is 18.9 Å². The van der Waals surface area contributed by atoms with Crippen LogP contribution in [0.2, 0.25) is 0 Å². The normalized spacial score (nSPS) is 14.4. The molecular weight excluding hydrogens is 452 g/mol. The molecule has 1 aliphatic rings. The molecule has 0 saturated carbocycles. The van der Waals surface area contributed by atoms with Crippen LogP contribution < -0.4 is 20.3 Å². The van der Waals surface area contributed by atoms with Gasteiger partial charge in [0.15, 0.2) is 0 Å². The predicted molar refractivity (Wildman–Crippen MR) is 146 cm³/mol. The molecule has 3 aromatic heterocycles. The van der Waals surface area contributed by atoms with Crippen LogP contribution in [0.1, 0.15) is 12.8 Å². The van der Waals surface area contributed by atoms with Gasteiger partial charge in [-0.15, -0.1) is 0 Å². The zero-order chi connectivity index (χ0) is 25.2. The standard InChI is InChI=1S/C27H34N8O/c1-28-21-15-22(25(36-5)16-24(21)35-13-9-18(10-14-35)33(2)3)32-27-30-12-8-20(31-27)19-17-34(4)23-7-6-11-29-26(19)23/h6-8,11-12,15-18,28H,9-10,13-14H2,1-5H3,(H,30,31,32). The number of ether oxygens (including phenoxy) is 1. The van der Waals surface area contributed by atoms with Crippen molar-refractivity contribution < 1.29 is 4.74 Å². The summed E-state index contributed by atoms with van der Waals surface area (Å²) in [6.45, 7) is 2.02. The summed E-state index contributed by atoms with van der Waals surface area (Å²) in [7, 11) is 9.99. The highest BCUT2D eigenvalue weighted by Crippen LogP contribution is 2.39.